The number of aromatic nitrogens is 3. The molecule has 0 aliphatic carbocycles. The fourth-order valence-electron chi connectivity index (χ4n) is 2.72. The lowest BCUT2D eigenvalue weighted by atomic mass is 10.0. The Kier molecular flexibility index (Phi) is 3.50. The van der Waals surface area contributed by atoms with Crippen LogP contribution >= 0.6 is 0 Å². The molecule has 1 atom stereocenters. The highest BCUT2D eigenvalue weighted by molar-refractivity contribution is 5.27. The van der Waals surface area contributed by atoms with Crippen molar-refractivity contribution in [2.45, 2.75) is 26.1 Å². The van der Waals surface area contributed by atoms with Gasteiger partial charge in [-0.05, 0) is 24.1 Å². The summed E-state index contributed by atoms with van der Waals surface area (Å²) in [5.41, 5.74) is 7.65. The van der Waals surface area contributed by atoms with Gasteiger partial charge in [0, 0.05) is 25.7 Å². The highest BCUT2D eigenvalue weighted by atomic mass is 19.1. The predicted molar refractivity (Wildman–Crippen MR) is 73.4 cm³/mol. The van der Waals surface area contributed by atoms with Crippen LogP contribution in [0, 0.1) is 12.7 Å². The molecule has 0 saturated carbocycles. The van der Waals surface area contributed by atoms with Gasteiger partial charge in [-0.2, -0.15) is 0 Å². The molecule has 1 aliphatic heterocycles. The summed E-state index contributed by atoms with van der Waals surface area (Å²) >= 11 is 0. The largest absolute Gasteiger partial charge is 0.329 e. The molecule has 3 rings (SSSR count). The molecule has 0 spiro atoms. The summed E-state index contributed by atoms with van der Waals surface area (Å²) in [5.74, 6) is 0.774. The van der Waals surface area contributed by atoms with Crippen LogP contribution in [0.25, 0.3) is 0 Å². The quantitative estimate of drug-likeness (QED) is 0.915. The average Bonchev–Trinajstić information content (AvgIpc) is 2.91. The summed E-state index contributed by atoms with van der Waals surface area (Å²) in [6, 6.07) is 5.30. The smallest absolute Gasteiger partial charge is 0.147 e. The molecule has 0 amide bonds. The standard InChI is InChI=1S/C14H18FN5/c1-10-6-11(2-3-12(10)15)13(7-16)19-4-5-20-9-17-18-14(20)8-19/h2-3,6,9,13H,4-5,7-8,16H2,1H3. The molecule has 1 aromatic carbocycles. The molecule has 0 radical (unpaired) electrons. The number of aryl methyl sites for hydroxylation is 1. The zero-order valence-electron chi connectivity index (χ0n) is 11.5. The molecule has 0 bridgehead atoms. The zero-order chi connectivity index (χ0) is 14.1. The van der Waals surface area contributed by atoms with Gasteiger partial charge in [0.05, 0.1) is 6.54 Å². The second-order valence-electron chi connectivity index (χ2n) is 5.17. The van der Waals surface area contributed by atoms with Gasteiger partial charge in [-0.1, -0.05) is 12.1 Å². The van der Waals surface area contributed by atoms with Crippen molar-refractivity contribution < 1.29 is 4.39 Å². The van der Waals surface area contributed by atoms with Crippen molar-refractivity contribution in [1.29, 1.82) is 0 Å². The highest BCUT2D eigenvalue weighted by Crippen LogP contribution is 2.25. The van der Waals surface area contributed by atoms with Gasteiger partial charge in [0.2, 0.25) is 0 Å². The lowest BCUT2D eigenvalue weighted by molar-refractivity contribution is 0.156. The normalized spacial score (nSPS) is 16.9. The van der Waals surface area contributed by atoms with Crippen molar-refractivity contribution >= 4 is 0 Å². The van der Waals surface area contributed by atoms with E-state index in [0.717, 1.165) is 31.0 Å². The molecule has 0 saturated heterocycles. The predicted octanol–water partition coefficient (Wildman–Crippen LogP) is 1.24. The third-order valence-electron chi connectivity index (χ3n) is 3.90. The van der Waals surface area contributed by atoms with Crippen LogP contribution in [0.2, 0.25) is 0 Å². The maximum atomic E-state index is 13.4. The van der Waals surface area contributed by atoms with Gasteiger partial charge < -0.3 is 10.3 Å². The van der Waals surface area contributed by atoms with E-state index in [1.54, 1.807) is 13.3 Å². The van der Waals surface area contributed by atoms with Crippen LogP contribution in [0.1, 0.15) is 23.0 Å². The van der Waals surface area contributed by atoms with E-state index >= 15 is 0 Å². The molecular weight excluding hydrogens is 257 g/mol. The van der Waals surface area contributed by atoms with Gasteiger partial charge in [0.25, 0.3) is 0 Å². The molecule has 5 nitrogen and oxygen atoms in total. The average molecular weight is 275 g/mol. The third-order valence-corrected chi connectivity index (χ3v) is 3.90. The van der Waals surface area contributed by atoms with Gasteiger partial charge in [0.15, 0.2) is 0 Å². The van der Waals surface area contributed by atoms with Crippen LogP contribution in [0.15, 0.2) is 24.5 Å². The first-order chi connectivity index (χ1) is 9.69. The second-order valence-corrected chi connectivity index (χ2v) is 5.17. The van der Waals surface area contributed by atoms with Gasteiger partial charge >= 0.3 is 0 Å². The van der Waals surface area contributed by atoms with Crippen molar-refractivity contribution in [2.24, 2.45) is 5.73 Å². The molecule has 20 heavy (non-hydrogen) atoms. The Labute approximate surface area is 117 Å². The second kappa shape index (κ2) is 5.30. The van der Waals surface area contributed by atoms with E-state index in [1.807, 2.05) is 12.1 Å². The van der Waals surface area contributed by atoms with E-state index < -0.39 is 0 Å². The molecule has 2 aromatic rings. The topological polar surface area (TPSA) is 60.0 Å². The molecule has 1 aromatic heterocycles. The highest BCUT2D eigenvalue weighted by Gasteiger charge is 2.25. The Balaban J connectivity index is 1.85. The number of benzene rings is 1. The molecule has 106 valence electrons. The minimum absolute atomic E-state index is 0.0831. The molecule has 2 heterocycles. The lowest BCUT2D eigenvalue weighted by Crippen LogP contribution is -2.39. The minimum atomic E-state index is -0.178. The molecule has 6 heteroatoms. The maximum Gasteiger partial charge on any atom is 0.147 e. The number of nitrogens with two attached hydrogens (primary N) is 1. The Morgan fingerprint density at radius 3 is 3.00 bits per heavy atom. The van der Waals surface area contributed by atoms with E-state index in [0.29, 0.717) is 12.1 Å². The fourth-order valence-corrected chi connectivity index (χ4v) is 2.72. The van der Waals surface area contributed by atoms with Crippen molar-refractivity contribution in [3.05, 3.63) is 47.3 Å². The number of hydrogen-bond donors (Lipinski definition) is 1. The van der Waals surface area contributed by atoms with Gasteiger partial charge in [-0.15, -0.1) is 10.2 Å². The van der Waals surface area contributed by atoms with Crippen LogP contribution < -0.4 is 5.73 Å². The van der Waals surface area contributed by atoms with Crippen LogP contribution in [-0.4, -0.2) is 32.8 Å². The maximum absolute atomic E-state index is 13.4. The first-order valence-corrected chi connectivity index (χ1v) is 6.76. The lowest BCUT2D eigenvalue weighted by Gasteiger charge is -2.34. The van der Waals surface area contributed by atoms with Crippen molar-refractivity contribution in [3.63, 3.8) is 0 Å². The molecule has 2 N–H and O–H groups in total. The van der Waals surface area contributed by atoms with Crippen molar-refractivity contribution in [2.75, 3.05) is 13.1 Å². The van der Waals surface area contributed by atoms with E-state index in [2.05, 4.69) is 19.7 Å². The summed E-state index contributed by atoms with van der Waals surface area (Å²) in [7, 11) is 0. The summed E-state index contributed by atoms with van der Waals surface area (Å²) in [6.45, 7) is 4.75. The molecular formula is C14H18FN5. The number of hydrogen-bond acceptors (Lipinski definition) is 4. The summed E-state index contributed by atoms with van der Waals surface area (Å²) < 4.78 is 15.5. The van der Waals surface area contributed by atoms with E-state index in [-0.39, 0.29) is 11.9 Å². The van der Waals surface area contributed by atoms with Crippen LogP contribution in [0.4, 0.5) is 4.39 Å². The van der Waals surface area contributed by atoms with Crippen molar-refractivity contribution in [1.82, 2.24) is 19.7 Å². The first-order valence-electron chi connectivity index (χ1n) is 6.76. The summed E-state index contributed by atoms with van der Waals surface area (Å²) in [6.07, 6.45) is 1.76. The monoisotopic (exact) mass is 275 g/mol. The fraction of sp³-hybridized carbons (Fsp3) is 0.429. The van der Waals surface area contributed by atoms with Gasteiger partial charge in [0.1, 0.15) is 18.0 Å². The summed E-state index contributed by atoms with van der Waals surface area (Å²) in [4.78, 5) is 2.27. The van der Waals surface area contributed by atoms with Gasteiger partial charge in [-0.3, -0.25) is 4.90 Å². The zero-order valence-corrected chi connectivity index (χ0v) is 11.5. The number of rotatable bonds is 3. The number of nitrogens with zero attached hydrogens (tertiary/aromatic N) is 4. The van der Waals surface area contributed by atoms with Crippen LogP contribution in [-0.2, 0) is 13.1 Å². The van der Waals surface area contributed by atoms with Gasteiger partial charge in [-0.25, -0.2) is 4.39 Å². The van der Waals surface area contributed by atoms with E-state index in [9.17, 15) is 4.39 Å². The molecule has 1 unspecified atom stereocenters. The summed E-state index contributed by atoms with van der Waals surface area (Å²) in [5, 5.41) is 8.05. The Hall–Kier alpha value is -1.79. The Bertz CT molecular complexity index is 609. The number of fused-ring (bicyclic) bond motifs is 1. The Morgan fingerprint density at radius 2 is 2.25 bits per heavy atom. The Morgan fingerprint density at radius 1 is 1.40 bits per heavy atom. The SMILES string of the molecule is Cc1cc(C(CN)N2CCn3cnnc3C2)ccc1F. The first kappa shape index (κ1) is 13.2. The van der Waals surface area contributed by atoms with E-state index in [1.165, 1.54) is 6.07 Å². The number of halogens is 1. The molecule has 1 aliphatic rings. The van der Waals surface area contributed by atoms with Crippen molar-refractivity contribution in [3.8, 4) is 0 Å². The third kappa shape index (κ3) is 2.32. The minimum Gasteiger partial charge on any atom is -0.329 e. The van der Waals surface area contributed by atoms with Crippen LogP contribution in [0.3, 0.4) is 0 Å². The van der Waals surface area contributed by atoms with Crippen LogP contribution in [0.5, 0.6) is 0 Å². The molecule has 0 fully saturated rings. The van der Waals surface area contributed by atoms with E-state index in [4.69, 9.17) is 5.73 Å².